The summed E-state index contributed by atoms with van der Waals surface area (Å²) in [7, 11) is 0. The van der Waals surface area contributed by atoms with Gasteiger partial charge in [0.15, 0.2) is 0 Å². The summed E-state index contributed by atoms with van der Waals surface area (Å²) in [5.41, 5.74) is 0.772. The molecule has 0 unspecified atom stereocenters. The zero-order valence-electron chi connectivity index (χ0n) is 6.55. The summed E-state index contributed by atoms with van der Waals surface area (Å²) < 4.78 is 2.13. The summed E-state index contributed by atoms with van der Waals surface area (Å²) in [4.78, 5) is 0. The Morgan fingerprint density at radius 3 is 2.92 bits per heavy atom. The largest absolute Gasteiger partial charge is 0.392 e. The van der Waals surface area contributed by atoms with E-state index in [1.165, 1.54) is 0 Å². The Morgan fingerprint density at radius 2 is 2.23 bits per heavy atom. The quantitative estimate of drug-likeness (QED) is 0.840. The highest BCUT2D eigenvalue weighted by atomic mass is 79.9. The second kappa shape index (κ2) is 3.58. The number of fused-ring (bicyclic) bond motifs is 1. The Kier molecular flexibility index (Phi) is 2.60. The molecule has 0 fully saturated rings. The summed E-state index contributed by atoms with van der Waals surface area (Å²) in [6, 6.07) is 3.83. The van der Waals surface area contributed by atoms with Crippen LogP contribution in [0.2, 0.25) is 5.02 Å². The second-order valence-corrected chi connectivity index (χ2v) is 4.80. The van der Waals surface area contributed by atoms with Gasteiger partial charge < -0.3 is 5.11 Å². The Hall–Kier alpha value is -0.0900. The van der Waals surface area contributed by atoms with Gasteiger partial charge in [0.25, 0.3) is 0 Å². The van der Waals surface area contributed by atoms with Crippen LogP contribution in [0.15, 0.2) is 22.0 Å². The monoisotopic (exact) mass is 276 g/mol. The first-order valence-corrected chi connectivity index (χ1v) is 5.74. The smallest absolute Gasteiger partial charge is 0.0696 e. The van der Waals surface area contributed by atoms with Crippen molar-refractivity contribution in [1.29, 1.82) is 0 Å². The lowest BCUT2D eigenvalue weighted by Gasteiger charge is -2.01. The normalized spacial score (nSPS) is 11.0. The zero-order valence-corrected chi connectivity index (χ0v) is 9.71. The molecule has 13 heavy (non-hydrogen) atoms. The molecule has 0 saturated heterocycles. The van der Waals surface area contributed by atoms with E-state index in [0.29, 0.717) is 5.02 Å². The maximum atomic E-state index is 9.01. The van der Waals surface area contributed by atoms with E-state index in [4.69, 9.17) is 16.7 Å². The molecule has 0 atom stereocenters. The van der Waals surface area contributed by atoms with Crippen LogP contribution in [0.4, 0.5) is 0 Å². The molecule has 0 bridgehead atoms. The van der Waals surface area contributed by atoms with Gasteiger partial charge >= 0.3 is 0 Å². The van der Waals surface area contributed by atoms with Gasteiger partial charge in [-0.1, -0.05) is 17.7 Å². The number of benzene rings is 1. The molecular weight excluding hydrogens is 272 g/mol. The van der Waals surface area contributed by atoms with Crippen LogP contribution in [0, 0.1) is 0 Å². The van der Waals surface area contributed by atoms with Gasteiger partial charge in [0.2, 0.25) is 0 Å². The SMILES string of the molecule is OCc1ccc2scc(Br)c2c1Cl. The minimum atomic E-state index is -0.0168. The molecule has 0 amide bonds. The van der Waals surface area contributed by atoms with Crippen LogP contribution >= 0.6 is 38.9 Å². The van der Waals surface area contributed by atoms with Gasteiger partial charge in [-0.2, -0.15) is 0 Å². The fourth-order valence-electron chi connectivity index (χ4n) is 1.22. The van der Waals surface area contributed by atoms with E-state index in [0.717, 1.165) is 20.1 Å². The van der Waals surface area contributed by atoms with Crippen LogP contribution in [0.1, 0.15) is 5.56 Å². The first-order valence-electron chi connectivity index (χ1n) is 3.69. The molecule has 0 radical (unpaired) electrons. The summed E-state index contributed by atoms with van der Waals surface area (Å²) in [6.45, 7) is -0.0168. The topological polar surface area (TPSA) is 20.2 Å². The van der Waals surface area contributed by atoms with Crippen LogP contribution in [0.25, 0.3) is 10.1 Å². The van der Waals surface area contributed by atoms with E-state index in [9.17, 15) is 0 Å². The molecule has 0 aliphatic rings. The van der Waals surface area contributed by atoms with E-state index in [-0.39, 0.29) is 6.61 Å². The molecule has 68 valence electrons. The van der Waals surface area contributed by atoms with Gasteiger partial charge in [0.1, 0.15) is 0 Å². The van der Waals surface area contributed by atoms with Crippen LogP contribution in [-0.4, -0.2) is 5.11 Å². The maximum absolute atomic E-state index is 9.01. The maximum Gasteiger partial charge on any atom is 0.0696 e. The Balaban J connectivity index is 2.83. The predicted molar refractivity (Wildman–Crippen MR) is 60.5 cm³/mol. The molecule has 1 aromatic carbocycles. The van der Waals surface area contributed by atoms with Gasteiger partial charge in [-0.3, -0.25) is 0 Å². The van der Waals surface area contributed by atoms with Gasteiger partial charge in [-0.05, 0) is 27.6 Å². The van der Waals surface area contributed by atoms with Crippen molar-refractivity contribution in [3.63, 3.8) is 0 Å². The van der Waals surface area contributed by atoms with Gasteiger partial charge in [-0.25, -0.2) is 0 Å². The molecule has 0 spiro atoms. The van der Waals surface area contributed by atoms with E-state index in [2.05, 4.69) is 15.9 Å². The van der Waals surface area contributed by atoms with Crippen molar-refractivity contribution in [3.05, 3.63) is 32.6 Å². The standard InChI is InChI=1S/C9H6BrClOS/c10-6-4-13-7-2-1-5(3-12)9(11)8(6)7/h1-2,4,12H,3H2. The van der Waals surface area contributed by atoms with Gasteiger partial charge in [-0.15, -0.1) is 11.3 Å². The number of aliphatic hydroxyl groups excluding tert-OH is 1. The lowest BCUT2D eigenvalue weighted by molar-refractivity contribution is 0.282. The summed E-state index contributed by atoms with van der Waals surface area (Å²) in [5, 5.41) is 12.7. The van der Waals surface area contributed by atoms with Gasteiger partial charge in [0.05, 0.1) is 11.6 Å². The van der Waals surface area contributed by atoms with Gasteiger partial charge in [0, 0.05) is 19.9 Å². The third kappa shape index (κ3) is 1.50. The van der Waals surface area contributed by atoms with Crippen LogP contribution in [-0.2, 0) is 6.61 Å². The molecule has 0 aliphatic carbocycles. The molecule has 0 aliphatic heterocycles. The molecular formula is C9H6BrClOS. The Morgan fingerprint density at radius 1 is 1.46 bits per heavy atom. The number of aliphatic hydroxyl groups is 1. The predicted octanol–water partition coefficient (Wildman–Crippen LogP) is 3.81. The van der Waals surface area contributed by atoms with Crippen molar-refractivity contribution in [3.8, 4) is 0 Å². The van der Waals surface area contributed by atoms with Crippen molar-refractivity contribution in [2.24, 2.45) is 0 Å². The van der Waals surface area contributed by atoms with E-state index in [1.54, 1.807) is 11.3 Å². The average Bonchev–Trinajstić information content (AvgIpc) is 2.49. The highest BCUT2D eigenvalue weighted by Crippen LogP contribution is 2.37. The molecule has 1 nitrogen and oxygen atoms in total. The number of halogens is 2. The van der Waals surface area contributed by atoms with Crippen LogP contribution in [0.5, 0.6) is 0 Å². The Labute approximate surface area is 93.1 Å². The molecule has 1 aromatic heterocycles. The third-order valence-electron chi connectivity index (χ3n) is 1.88. The third-order valence-corrected chi connectivity index (χ3v) is 4.19. The molecule has 4 heteroatoms. The highest BCUT2D eigenvalue weighted by Gasteiger charge is 2.09. The van der Waals surface area contributed by atoms with Crippen LogP contribution in [0.3, 0.4) is 0 Å². The zero-order chi connectivity index (χ0) is 9.42. The van der Waals surface area contributed by atoms with Crippen molar-refractivity contribution in [2.45, 2.75) is 6.61 Å². The fourth-order valence-corrected chi connectivity index (χ4v) is 3.36. The lowest BCUT2D eigenvalue weighted by Crippen LogP contribution is -1.84. The minimum absolute atomic E-state index is 0.0168. The van der Waals surface area contributed by atoms with Crippen molar-refractivity contribution in [2.75, 3.05) is 0 Å². The Bertz CT molecular complexity index is 452. The molecule has 2 aromatic rings. The first kappa shape index (κ1) is 9.46. The first-order chi connectivity index (χ1) is 6.24. The lowest BCUT2D eigenvalue weighted by atomic mass is 10.2. The summed E-state index contributed by atoms with van der Waals surface area (Å²) in [6.07, 6.45) is 0. The fraction of sp³-hybridized carbons (Fsp3) is 0.111. The summed E-state index contributed by atoms with van der Waals surface area (Å²) >= 11 is 11.2. The van der Waals surface area contributed by atoms with E-state index >= 15 is 0 Å². The molecule has 1 heterocycles. The number of thiophene rings is 1. The molecule has 1 N–H and O–H groups in total. The van der Waals surface area contributed by atoms with Crippen LogP contribution < -0.4 is 0 Å². The second-order valence-electron chi connectivity index (χ2n) is 2.65. The van der Waals surface area contributed by atoms with E-state index < -0.39 is 0 Å². The minimum Gasteiger partial charge on any atom is -0.392 e. The highest BCUT2D eigenvalue weighted by molar-refractivity contribution is 9.10. The molecule has 2 rings (SSSR count). The van der Waals surface area contributed by atoms with Crippen molar-refractivity contribution < 1.29 is 5.11 Å². The van der Waals surface area contributed by atoms with Crippen molar-refractivity contribution in [1.82, 2.24) is 0 Å². The number of rotatable bonds is 1. The van der Waals surface area contributed by atoms with Crippen molar-refractivity contribution >= 4 is 49.0 Å². The van der Waals surface area contributed by atoms with E-state index in [1.807, 2.05) is 17.5 Å². The number of hydrogen-bond acceptors (Lipinski definition) is 2. The average molecular weight is 278 g/mol. The summed E-state index contributed by atoms with van der Waals surface area (Å²) in [5.74, 6) is 0. The number of hydrogen-bond donors (Lipinski definition) is 1. The molecule has 0 saturated carbocycles.